The number of amides is 2. The summed E-state index contributed by atoms with van der Waals surface area (Å²) in [6, 6.07) is 7.59. The molecule has 1 aromatic carbocycles. The van der Waals surface area contributed by atoms with Crippen molar-refractivity contribution >= 4 is 6.03 Å². The van der Waals surface area contributed by atoms with Gasteiger partial charge < -0.3 is 15.0 Å². The number of nitrogens with zero attached hydrogens (tertiary/aromatic N) is 4. The van der Waals surface area contributed by atoms with E-state index in [1.165, 1.54) is 0 Å². The van der Waals surface area contributed by atoms with E-state index in [1.807, 2.05) is 29.2 Å². The molecule has 122 valence electrons. The summed E-state index contributed by atoms with van der Waals surface area (Å²) in [5.74, 6) is 1.63. The molecular weight excluding hydrogens is 296 g/mol. The minimum absolute atomic E-state index is 0.0611. The Kier molecular flexibility index (Phi) is 4.70. The van der Waals surface area contributed by atoms with Crippen LogP contribution in [0.15, 0.2) is 24.3 Å². The third-order valence-corrected chi connectivity index (χ3v) is 4.04. The molecule has 2 heterocycles. The number of nitrogens with one attached hydrogen (secondary N) is 2. The number of rotatable bonds is 4. The Labute approximate surface area is 134 Å². The van der Waals surface area contributed by atoms with E-state index in [2.05, 4.69) is 25.9 Å². The van der Waals surface area contributed by atoms with E-state index in [4.69, 9.17) is 4.74 Å². The lowest BCUT2D eigenvalue weighted by atomic mass is 9.98. The SMILES string of the molecule is COc1ccc(CNC(=O)N2CCCC(c3nn[nH]n3)C2)cc1. The average Bonchev–Trinajstić information content (AvgIpc) is 3.15. The van der Waals surface area contributed by atoms with Gasteiger partial charge in [0.1, 0.15) is 5.75 Å². The standard InChI is InChI=1S/C15H20N6O2/c1-23-13-6-4-11(5-7-13)9-16-15(22)21-8-2-3-12(10-21)14-17-19-20-18-14/h4-7,12H,2-3,8-10H2,1H3,(H,16,22)(H,17,18,19,20). The topological polar surface area (TPSA) is 96.0 Å². The van der Waals surface area contributed by atoms with Crippen LogP contribution in [0.4, 0.5) is 4.79 Å². The molecule has 2 amide bonds. The molecule has 2 N–H and O–H groups in total. The van der Waals surface area contributed by atoms with Crippen LogP contribution in [0.25, 0.3) is 0 Å². The van der Waals surface area contributed by atoms with Crippen LogP contribution in [0.3, 0.4) is 0 Å². The summed E-state index contributed by atoms with van der Waals surface area (Å²) in [4.78, 5) is 14.1. The minimum Gasteiger partial charge on any atom is -0.497 e. The van der Waals surface area contributed by atoms with Crippen LogP contribution in [0.1, 0.15) is 30.1 Å². The first-order valence-corrected chi connectivity index (χ1v) is 7.65. The fourth-order valence-electron chi connectivity index (χ4n) is 2.75. The van der Waals surface area contributed by atoms with Crippen LogP contribution >= 0.6 is 0 Å². The van der Waals surface area contributed by atoms with Crippen LogP contribution in [0, 0.1) is 0 Å². The van der Waals surface area contributed by atoms with Gasteiger partial charge in [-0.25, -0.2) is 4.79 Å². The van der Waals surface area contributed by atoms with Gasteiger partial charge in [0.2, 0.25) is 0 Å². The van der Waals surface area contributed by atoms with E-state index in [9.17, 15) is 4.79 Å². The predicted molar refractivity (Wildman–Crippen MR) is 83.0 cm³/mol. The molecule has 1 aliphatic heterocycles. The minimum atomic E-state index is -0.0611. The summed E-state index contributed by atoms with van der Waals surface area (Å²) in [5.41, 5.74) is 1.03. The van der Waals surface area contributed by atoms with Crippen LogP contribution < -0.4 is 10.1 Å². The van der Waals surface area contributed by atoms with Crippen molar-refractivity contribution in [2.24, 2.45) is 0 Å². The van der Waals surface area contributed by atoms with Gasteiger partial charge in [0.15, 0.2) is 5.82 Å². The summed E-state index contributed by atoms with van der Waals surface area (Å²) in [5, 5.41) is 17.1. The molecule has 0 bridgehead atoms. The zero-order valence-electron chi connectivity index (χ0n) is 13.0. The number of tetrazole rings is 1. The number of aromatic nitrogens is 4. The summed E-state index contributed by atoms with van der Waals surface area (Å²) in [6.45, 7) is 1.86. The molecule has 1 aromatic heterocycles. The zero-order valence-corrected chi connectivity index (χ0v) is 13.0. The van der Waals surface area contributed by atoms with Gasteiger partial charge in [-0.1, -0.05) is 17.3 Å². The van der Waals surface area contributed by atoms with E-state index in [0.29, 0.717) is 18.9 Å². The van der Waals surface area contributed by atoms with Gasteiger partial charge in [-0.2, -0.15) is 5.21 Å². The van der Waals surface area contributed by atoms with Crippen molar-refractivity contribution in [1.82, 2.24) is 30.8 Å². The van der Waals surface area contributed by atoms with Gasteiger partial charge in [0.25, 0.3) is 0 Å². The zero-order chi connectivity index (χ0) is 16.1. The van der Waals surface area contributed by atoms with E-state index in [-0.39, 0.29) is 11.9 Å². The number of ether oxygens (including phenoxy) is 1. The summed E-state index contributed by atoms with van der Waals surface area (Å²) in [6.07, 6.45) is 1.91. The van der Waals surface area contributed by atoms with Crippen molar-refractivity contribution in [3.8, 4) is 5.75 Å². The predicted octanol–water partition coefficient (Wildman–Crippen LogP) is 1.30. The first-order valence-electron chi connectivity index (χ1n) is 7.65. The Morgan fingerprint density at radius 2 is 2.26 bits per heavy atom. The first kappa shape index (κ1) is 15.3. The summed E-state index contributed by atoms with van der Waals surface area (Å²) in [7, 11) is 1.63. The number of carbonyl (C=O) groups is 1. The van der Waals surface area contributed by atoms with E-state index < -0.39 is 0 Å². The molecule has 1 unspecified atom stereocenters. The van der Waals surface area contributed by atoms with Gasteiger partial charge >= 0.3 is 6.03 Å². The molecule has 2 aromatic rings. The number of urea groups is 1. The Hall–Kier alpha value is -2.64. The number of benzene rings is 1. The van der Waals surface area contributed by atoms with E-state index in [1.54, 1.807) is 7.11 Å². The van der Waals surface area contributed by atoms with Gasteiger partial charge in [-0.3, -0.25) is 0 Å². The van der Waals surface area contributed by atoms with E-state index in [0.717, 1.165) is 30.7 Å². The Balaban J connectivity index is 1.53. The molecule has 0 radical (unpaired) electrons. The van der Waals surface area contributed by atoms with Crippen molar-refractivity contribution in [2.45, 2.75) is 25.3 Å². The fraction of sp³-hybridized carbons (Fsp3) is 0.467. The lowest BCUT2D eigenvalue weighted by Gasteiger charge is -2.31. The molecule has 0 spiro atoms. The smallest absolute Gasteiger partial charge is 0.317 e. The maximum Gasteiger partial charge on any atom is 0.317 e. The monoisotopic (exact) mass is 316 g/mol. The van der Waals surface area contributed by atoms with Gasteiger partial charge in [0, 0.05) is 25.6 Å². The van der Waals surface area contributed by atoms with Crippen LogP contribution in [-0.2, 0) is 6.54 Å². The lowest BCUT2D eigenvalue weighted by molar-refractivity contribution is 0.178. The number of piperidine rings is 1. The number of likely N-dealkylation sites (tertiary alicyclic amines) is 1. The Bertz CT molecular complexity index is 628. The van der Waals surface area contributed by atoms with Crippen molar-refractivity contribution in [1.29, 1.82) is 0 Å². The van der Waals surface area contributed by atoms with Crippen molar-refractivity contribution < 1.29 is 9.53 Å². The highest BCUT2D eigenvalue weighted by Crippen LogP contribution is 2.23. The molecule has 1 saturated heterocycles. The van der Waals surface area contributed by atoms with Gasteiger partial charge in [0.05, 0.1) is 7.11 Å². The third-order valence-electron chi connectivity index (χ3n) is 4.04. The molecule has 0 saturated carbocycles. The lowest BCUT2D eigenvalue weighted by Crippen LogP contribution is -2.44. The summed E-state index contributed by atoms with van der Waals surface area (Å²) < 4.78 is 5.12. The first-order chi connectivity index (χ1) is 11.3. The second-order valence-corrected chi connectivity index (χ2v) is 5.56. The molecule has 1 fully saturated rings. The maximum absolute atomic E-state index is 12.3. The molecule has 3 rings (SSSR count). The van der Waals surface area contributed by atoms with Crippen molar-refractivity contribution in [3.63, 3.8) is 0 Å². The van der Waals surface area contributed by atoms with Crippen LogP contribution in [-0.4, -0.2) is 51.8 Å². The number of hydrogen-bond donors (Lipinski definition) is 2. The molecular formula is C15H20N6O2. The highest BCUT2D eigenvalue weighted by molar-refractivity contribution is 5.74. The quantitative estimate of drug-likeness (QED) is 0.886. The Morgan fingerprint density at radius 1 is 1.43 bits per heavy atom. The van der Waals surface area contributed by atoms with Crippen LogP contribution in [0.5, 0.6) is 5.75 Å². The van der Waals surface area contributed by atoms with Crippen LogP contribution in [0.2, 0.25) is 0 Å². The Morgan fingerprint density at radius 3 is 2.96 bits per heavy atom. The average molecular weight is 316 g/mol. The molecule has 23 heavy (non-hydrogen) atoms. The van der Waals surface area contributed by atoms with Gasteiger partial charge in [-0.15, -0.1) is 10.2 Å². The largest absolute Gasteiger partial charge is 0.497 e. The van der Waals surface area contributed by atoms with Gasteiger partial charge in [-0.05, 0) is 30.5 Å². The normalized spacial score (nSPS) is 17.8. The number of aromatic amines is 1. The highest BCUT2D eigenvalue weighted by atomic mass is 16.5. The molecule has 0 aliphatic carbocycles. The second kappa shape index (κ2) is 7.08. The fourth-order valence-corrected chi connectivity index (χ4v) is 2.75. The third kappa shape index (κ3) is 3.77. The second-order valence-electron chi connectivity index (χ2n) is 5.56. The van der Waals surface area contributed by atoms with Crippen molar-refractivity contribution in [3.05, 3.63) is 35.7 Å². The number of H-pyrrole nitrogens is 1. The maximum atomic E-state index is 12.3. The number of hydrogen-bond acceptors (Lipinski definition) is 5. The number of carbonyl (C=O) groups excluding carboxylic acids is 1. The highest BCUT2D eigenvalue weighted by Gasteiger charge is 2.27. The van der Waals surface area contributed by atoms with E-state index >= 15 is 0 Å². The molecule has 8 heteroatoms. The van der Waals surface area contributed by atoms with Crippen molar-refractivity contribution in [2.75, 3.05) is 20.2 Å². The number of methoxy groups -OCH3 is 1. The summed E-state index contributed by atoms with van der Waals surface area (Å²) >= 11 is 0. The molecule has 8 nitrogen and oxygen atoms in total. The molecule has 1 aliphatic rings. The molecule has 1 atom stereocenters.